The number of hydrogen-bond acceptors (Lipinski definition) is 4. The largest absolute Gasteiger partial charge is 0.389 e. The molecule has 1 amide bonds. The summed E-state index contributed by atoms with van der Waals surface area (Å²) in [6.45, 7) is 2.14. The average Bonchev–Trinajstić information content (AvgIpc) is 2.66. The Morgan fingerprint density at radius 3 is 2.07 bits per heavy atom. The molecule has 2 N–H and O–H groups in total. The van der Waals surface area contributed by atoms with E-state index in [1.54, 1.807) is 0 Å². The van der Waals surface area contributed by atoms with Crippen molar-refractivity contribution in [3.05, 3.63) is 24.3 Å². The molecule has 0 aliphatic rings. The summed E-state index contributed by atoms with van der Waals surface area (Å²) < 4.78 is 26.0. The van der Waals surface area contributed by atoms with Gasteiger partial charge in [0.15, 0.2) is 0 Å². The van der Waals surface area contributed by atoms with Gasteiger partial charge >= 0.3 is 10.2 Å². The number of amides is 1. The van der Waals surface area contributed by atoms with Crippen LogP contribution < -0.4 is 4.72 Å². The maximum Gasteiger partial charge on any atom is 0.303 e. The number of nitrogens with one attached hydrogen (secondary N) is 1. The van der Waals surface area contributed by atoms with Gasteiger partial charge in [-0.15, -0.1) is 0 Å². The molecule has 0 fully saturated rings. The molecule has 0 saturated heterocycles. The Bertz CT molecular complexity index is 571. The van der Waals surface area contributed by atoms with Gasteiger partial charge in [0, 0.05) is 20.5 Å². The summed E-state index contributed by atoms with van der Waals surface area (Å²) in [5, 5.41) is 9.71. The third-order valence-electron chi connectivity index (χ3n) is 4.62. The van der Waals surface area contributed by atoms with Crippen LogP contribution >= 0.6 is 0 Å². The topological polar surface area (TPSA) is 86.7 Å². The molecule has 0 bridgehead atoms. The lowest BCUT2D eigenvalue weighted by atomic mass is 10.1. The van der Waals surface area contributed by atoms with E-state index in [0.717, 1.165) is 42.8 Å². The highest BCUT2D eigenvalue weighted by molar-refractivity contribution is 7.87. The van der Waals surface area contributed by atoms with E-state index < -0.39 is 16.1 Å². The van der Waals surface area contributed by atoms with Crippen molar-refractivity contribution < 1.29 is 18.3 Å². The van der Waals surface area contributed by atoms with E-state index in [4.69, 9.17) is 0 Å². The molecule has 0 aromatic heterocycles. The Labute approximate surface area is 178 Å². The van der Waals surface area contributed by atoms with E-state index in [1.165, 1.54) is 46.2 Å². The van der Waals surface area contributed by atoms with Crippen molar-refractivity contribution in [1.29, 1.82) is 0 Å². The van der Waals surface area contributed by atoms with Crippen LogP contribution in [0.4, 0.5) is 0 Å². The van der Waals surface area contributed by atoms with Gasteiger partial charge < -0.3 is 5.11 Å². The summed E-state index contributed by atoms with van der Waals surface area (Å²) in [5.74, 6) is -0.461. The zero-order valence-corrected chi connectivity index (χ0v) is 19.4. The minimum atomic E-state index is -3.67. The second-order valence-electron chi connectivity index (χ2n) is 7.66. The molecule has 0 rings (SSSR count). The molecule has 1 atom stereocenters. The second-order valence-corrected chi connectivity index (χ2v) is 9.54. The quantitative estimate of drug-likeness (QED) is 0.248. The fourth-order valence-electron chi connectivity index (χ4n) is 2.72. The molecule has 0 aliphatic heterocycles. The molecule has 0 spiro atoms. The summed E-state index contributed by atoms with van der Waals surface area (Å²) in [6.07, 6.45) is 20.8. The van der Waals surface area contributed by atoms with Crippen LogP contribution in [0.2, 0.25) is 0 Å². The Hall–Kier alpha value is -1.18. The van der Waals surface area contributed by atoms with E-state index in [9.17, 15) is 18.3 Å². The van der Waals surface area contributed by atoms with Crippen LogP contribution in [0.15, 0.2) is 24.3 Å². The number of unbranched alkanes of at least 4 members (excludes halogenated alkanes) is 8. The van der Waals surface area contributed by atoms with Crippen molar-refractivity contribution in [2.75, 3.05) is 14.1 Å². The van der Waals surface area contributed by atoms with E-state index in [0.29, 0.717) is 6.42 Å². The molecular weight excluding hydrogens is 388 g/mol. The Morgan fingerprint density at radius 2 is 1.48 bits per heavy atom. The van der Waals surface area contributed by atoms with Crippen LogP contribution in [-0.2, 0) is 15.0 Å². The molecule has 170 valence electrons. The van der Waals surface area contributed by atoms with Crippen LogP contribution in [-0.4, -0.2) is 43.9 Å². The number of allylic oxidation sites excluding steroid dienone is 3. The van der Waals surface area contributed by atoms with Crippen LogP contribution in [0.25, 0.3) is 0 Å². The van der Waals surface area contributed by atoms with Crippen molar-refractivity contribution in [3.63, 3.8) is 0 Å². The van der Waals surface area contributed by atoms with Gasteiger partial charge in [-0.2, -0.15) is 12.7 Å². The molecule has 0 heterocycles. The third-order valence-corrected chi connectivity index (χ3v) is 6.07. The van der Waals surface area contributed by atoms with Gasteiger partial charge in [0.1, 0.15) is 0 Å². The van der Waals surface area contributed by atoms with E-state index in [2.05, 4.69) is 25.2 Å². The highest BCUT2D eigenvalue weighted by Crippen LogP contribution is 2.09. The monoisotopic (exact) mass is 430 g/mol. The van der Waals surface area contributed by atoms with Crippen LogP contribution in [0.5, 0.6) is 0 Å². The van der Waals surface area contributed by atoms with Crippen molar-refractivity contribution >= 4 is 16.1 Å². The maximum atomic E-state index is 11.6. The molecule has 0 saturated carbocycles. The molecule has 0 unspecified atom stereocenters. The van der Waals surface area contributed by atoms with E-state index in [-0.39, 0.29) is 12.5 Å². The first kappa shape index (κ1) is 27.8. The molecule has 29 heavy (non-hydrogen) atoms. The number of nitrogens with zero attached hydrogens (tertiary/aromatic N) is 1. The van der Waals surface area contributed by atoms with Crippen molar-refractivity contribution in [2.24, 2.45) is 0 Å². The molecule has 0 aromatic carbocycles. The Balaban J connectivity index is 3.51. The van der Waals surface area contributed by atoms with Gasteiger partial charge in [0.05, 0.1) is 6.10 Å². The number of aliphatic hydroxyl groups excluding tert-OH is 1. The number of carbonyl (C=O) groups excluding carboxylic acids is 1. The molecule has 0 aliphatic carbocycles. The van der Waals surface area contributed by atoms with Gasteiger partial charge in [-0.3, -0.25) is 4.79 Å². The highest BCUT2D eigenvalue weighted by Gasteiger charge is 2.15. The zero-order chi connectivity index (χ0) is 22.0. The maximum absolute atomic E-state index is 11.6. The fourth-order valence-corrected chi connectivity index (χ4v) is 3.29. The number of hydrogen-bond donors (Lipinski definition) is 2. The number of carbonyl (C=O) groups is 1. The summed E-state index contributed by atoms with van der Waals surface area (Å²) in [6, 6.07) is 0. The van der Waals surface area contributed by atoms with Crippen LogP contribution in [0.1, 0.15) is 90.4 Å². The summed E-state index contributed by atoms with van der Waals surface area (Å²) in [5.41, 5.74) is 0. The minimum Gasteiger partial charge on any atom is -0.389 e. The third kappa shape index (κ3) is 17.4. The van der Waals surface area contributed by atoms with Gasteiger partial charge in [-0.1, -0.05) is 63.3 Å². The van der Waals surface area contributed by atoms with E-state index >= 15 is 0 Å². The predicted molar refractivity (Wildman–Crippen MR) is 121 cm³/mol. The van der Waals surface area contributed by atoms with Gasteiger partial charge in [0.25, 0.3) is 0 Å². The normalized spacial score (nSPS) is 13.6. The molecule has 6 nitrogen and oxygen atoms in total. The standard InChI is InChI=1S/C22H42N2O4S/c1-4-5-18-21(25)19-16-14-12-10-8-6-7-9-11-13-15-17-20-22(26)23-29(27,28)24(2)3/h11,13,16,19,21,25H,4-10,12,14-15,17-18,20H2,1-3H3,(H,23,26)/b13-11-,19-16-/t21-/m1/s1. The minimum absolute atomic E-state index is 0.210. The lowest BCUT2D eigenvalue weighted by Gasteiger charge is -2.11. The van der Waals surface area contributed by atoms with E-state index in [1.807, 2.05) is 10.8 Å². The van der Waals surface area contributed by atoms with Gasteiger partial charge in [0.2, 0.25) is 5.91 Å². The first-order valence-electron chi connectivity index (χ1n) is 11.0. The summed E-state index contributed by atoms with van der Waals surface area (Å²) in [4.78, 5) is 11.6. The molecular formula is C22H42N2O4S. The second kappa shape index (κ2) is 17.7. The van der Waals surface area contributed by atoms with Crippen LogP contribution in [0, 0.1) is 0 Å². The zero-order valence-electron chi connectivity index (χ0n) is 18.6. The van der Waals surface area contributed by atoms with Gasteiger partial charge in [-0.05, 0) is 44.9 Å². The molecule has 7 heteroatoms. The van der Waals surface area contributed by atoms with Crippen molar-refractivity contribution in [1.82, 2.24) is 9.03 Å². The fraction of sp³-hybridized carbons (Fsp3) is 0.773. The highest BCUT2D eigenvalue weighted by atomic mass is 32.2. The lowest BCUT2D eigenvalue weighted by molar-refractivity contribution is -0.119. The SMILES string of the molecule is CCCC[C@@H](O)/C=C\CCCCCCC/C=C\CCCC(=O)NS(=O)(=O)N(C)C. The molecule has 0 aromatic rings. The predicted octanol–water partition coefficient (Wildman–Crippen LogP) is 4.47. The smallest absolute Gasteiger partial charge is 0.303 e. The average molecular weight is 431 g/mol. The number of aliphatic hydroxyl groups is 1. The van der Waals surface area contributed by atoms with Crippen molar-refractivity contribution in [3.8, 4) is 0 Å². The first-order chi connectivity index (χ1) is 13.8. The lowest BCUT2D eigenvalue weighted by Crippen LogP contribution is -2.39. The Morgan fingerprint density at radius 1 is 0.931 bits per heavy atom. The molecule has 0 radical (unpaired) electrons. The van der Waals surface area contributed by atoms with Crippen LogP contribution in [0.3, 0.4) is 0 Å². The summed E-state index contributed by atoms with van der Waals surface area (Å²) >= 11 is 0. The summed E-state index contributed by atoms with van der Waals surface area (Å²) in [7, 11) is -0.901. The van der Waals surface area contributed by atoms with Crippen molar-refractivity contribution in [2.45, 2.75) is 96.5 Å². The Kier molecular flexibility index (Phi) is 16.9. The van der Waals surface area contributed by atoms with Gasteiger partial charge in [-0.25, -0.2) is 4.72 Å². The first-order valence-corrected chi connectivity index (χ1v) is 12.5. The number of rotatable bonds is 18.